The normalized spacial score (nSPS) is 30.1. The van der Waals surface area contributed by atoms with E-state index in [0.717, 1.165) is 25.9 Å². The van der Waals surface area contributed by atoms with E-state index in [9.17, 15) is 23.5 Å². The number of halogens is 3. The number of rotatable bonds is 7. The molecule has 0 spiro atoms. The van der Waals surface area contributed by atoms with Crippen molar-refractivity contribution in [3.8, 4) is 0 Å². The highest BCUT2D eigenvalue weighted by Gasteiger charge is 2.57. The van der Waals surface area contributed by atoms with Gasteiger partial charge in [0, 0.05) is 54.8 Å². The molecular weight excluding hydrogens is 558 g/mol. The Hall–Kier alpha value is -2.02. The molecule has 0 radical (unpaired) electrons. The summed E-state index contributed by atoms with van der Waals surface area (Å²) in [6, 6.07) is 4.95. The van der Waals surface area contributed by atoms with Crippen molar-refractivity contribution in [1.29, 1.82) is 0 Å². The predicted molar refractivity (Wildman–Crippen MR) is 123 cm³/mol. The van der Waals surface area contributed by atoms with Crippen molar-refractivity contribution in [2.45, 2.75) is 49.7 Å². The van der Waals surface area contributed by atoms with Crippen LogP contribution in [0.5, 0.6) is 0 Å². The number of piperidine rings is 3. The molecule has 4 fully saturated rings. The van der Waals surface area contributed by atoms with Gasteiger partial charge in [-0.15, -0.1) is 11.3 Å². The van der Waals surface area contributed by atoms with Gasteiger partial charge in [0.25, 0.3) is 5.91 Å². The highest BCUT2D eigenvalue weighted by atomic mass is 79.9. The van der Waals surface area contributed by atoms with Crippen molar-refractivity contribution in [2.24, 2.45) is 11.8 Å². The molecule has 3 aliphatic heterocycles. The van der Waals surface area contributed by atoms with Gasteiger partial charge >= 0.3 is 5.97 Å². The fraction of sp³-hybridized carbons (Fsp3) is 0.583. The first kappa shape index (κ1) is 27.0. The van der Waals surface area contributed by atoms with Gasteiger partial charge in [0.1, 0.15) is 6.54 Å². The molecule has 3 atom stereocenters. The highest BCUT2D eigenvalue weighted by Crippen LogP contribution is 2.49. The Kier molecular flexibility index (Phi) is 7.80. The Balaban J connectivity index is 0.00000304. The number of ether oxygens (including phenoxy) is 1. The zero-order valence-corrected chi connectivity index (χ0v) is 22.0. The standard InChI is InChI=1S/C24H28F2N4O4S.BrH/c25-23(26)7-4-17(13-23)24(33,19-3-1-12-35-19)21(32)34-18-14-30(10-5-16(18)6-11-30)15-20(31)29-22-27-8-2-9-28-22;/h1-3,8-9,12,16-18,33H,4-7,10-11,13-15H2;1H/t16?,17?,18-,24?,30?;/m0./s1. The summed E-state index contributed by atoms with van der Waals surface area (Å²) in [6.45, 7) is 2.21. The molecule has 2 N–H and O–H groups in total. The smallest absolute Gasteiger partial charge is 0.344 e. The minimum atomic E-state index is -2.91. The number of hydrogen-bond acceptors (Lipinski definition) is 7. The van der Waals surface area contributed by atoms with Gasteiger partial charge in [0.2, 0.25) is 11.9 Å². The summed E-state index contributed by atoms with van der Waals surface area (Å²) >= 11 is 1.17. The van der Waals surface area contributed by atoms with Crippen molar-refractivity contribution in [3.63, 3.8) is 0 Å². The van der Waals surface area contributed by atoms with Gasteiger partial charge in [-0.25, -0.2) is 23.5 Å². The second-order valence-electron chi connectivity index (χ2n) is 10.1. The lowest BCUT2D eigenvalue weighted by Crippen LogP contribution is -3.00. The largest absolute Gasteiger partial charge is 1.00 e. The van der Waals surface area contributed by atoms with E-state index in [1.165, 1.54) is 11.3 Å². The number of amides is 1. The minimum absolute atomic E-state index is 0. The number of thiophene rings is 1. The number of alkyl halides is 2. The number of carbonyl (C=O) groups excluding carboxylic acids is 2. The number of nitrogens with zero attached hydrogens (tertiary/aromatic N) is 3. The molecule has 5 heterocycles. The number of aromatic nitrogens is 2. The van der Waals surface area contributed by atoms with Gasteiger partial charge in [0.05, 0.1) is 13.1 Å². The van der Waals surface area contributed by atoms with Crippen molar-refractivity contribution < 1.29 is 49.7 Å². The van der Waals surface area contributed by atoms with Crippen LogP contribution in [0.3, 0.4) is 0 Å². The van der Waals surface area contributed by atoms with Gasteiger partial charge in [-0.3, -0.25) is 10.1 Å². The van der Waals surface area contributed by atoms with Crippen LogP contribution in [-0.2, 0) is 19.9 Å². The molecule has 2 unspecified atom stereocenters. The maximum absolute atomic E-state index is 14.0. The number of quaternary nitrogens is 1. The molecule has 8 nitrogen and oxygen atoms in total. The van der Waals surface area contributed by atoms with E-state index in [2.05, 4.69) is 15.3 Å². The fourth-order valence-electron chi connectivity index (χ4n) is 5.91. The molecule has 196 valence electrons. The Labute approximate surface area is 222 Å². The Morgan fingerprint density at radius 1 is 1.22 bits per heavy atom. The third-order valence-corrected chi connectivity index (χ3v) is 8.79. The second-order valence-corrected chi connectivity index (χ2v) is 11.0. The van der Waals surface area contributed by atoms with Gasteiger partial charge in [-0.05, 0) is 23.9 Å². The van der Waals surface area contributed by atoms with E-state index in [-0.39, 0.29) is 54.1 Å². The van der Waals surface area contributed by atoms with Crippen LogP contribution in [0.4, 0.5) is 14.7 Å². The lowest BCUT2D eigenvalue weighted by molar-refractivity contribution is -0.939. The number of nitrogens with one attached hydrogen (secondary N) is 1. The first-order valence-corrected chi connectivity index (χ1v) is 12.8. The summed E-state index contributed by atoms with van der Waals surface area (Å²) in [6.07, 6.45) is 3.32. The molecule has 2 aromatic heterocycles. The average molecular weight is 587 g/mol. The molecule has 1 amide bonds. The van der Waals surface area contributed by atoms with Gasteiger partial charge < -0.3 is 31.3 Å². The van der Waals surface area contributed by atoms with Gasteiger partial charge in [-0.1, -0.05) is 6.07 Å². The quantitative estimate of drug-likeness (QED) is 0.349. The molecule has 1 saturated carbocycles. The van der Waals surface area contributed by atoms with E-state index in [1.54, 1.807) is 36.0 Å². The van der Waals surface area contributed by atoms with E-state index in [1.807, 2.05) is 0 Å². The molecule has 4 aliphatic rings. The van der Waals surface area contributed by atoms with Crippen LogP contribution in [0.2, 0.25) is 0 Å². The zero-order valence-electron chi connectivity index (χ0n) is 19.6. The first-order chi connectivity index (χ1) is 16.7. The van der Waals surface area contributed by atoms with Crippen LogP contribution in [0.25, 0.3) is 0 Å². The summed E-state index contributed by atoms with van der Waals surface area (Å²) in [7, 11) is 0. The van der Waals surface area contributed by atoms with Crippen molar-refractivity contribution >= 4 is 29.2 Å². The molecule has 1 aliphatic carbocycles. The molecule has 12 heteroatoms. The first-order valence-electron chi connectivity index (χ1n) is 12.0. The molecule has 2 bridgehead atoms. The molecule has 6 rings (SSSR count). The zero-order chi connectivity index (χ0) is 24.7. The topological polar surface area (TPSA) is 101 Å². The Morgan fingerprint density at radius 2 is 1.94 bits per heavy atom. The Morgan fingerprint density at radius 3 is 2.56 bits per heavy atom. The van der Waals surface area contributed by atoms with E-state index < -0.39 is 35.9 Å². The van der Waals surface area contributed by atoms with Crippen molar-refractivity contribution in [2.75, 3.05) is 31.5 Å². The third kappa shape index (κ3) is 5.32. The van der Waals surface area contributed by atoms with E-state index >= 15 is 0 Å². The molecular formula is C24H29BrF2N4O4S. The summed E-state index contributed by atoms with van der Waals surface area (Å²) in [4.78, 5) is 34.6. The number of anilines is 1. The van der Waals surface area contributed by atoms with Crippen LogP contribution in [0.1, 0.15) is 37.0 Å². The summed E-state index contributed by atoms with van der Waals surface area (Å²) in [5.41, 5.74) is -2.10. The number of esters is 1. The lowest BCUT2D eigenvalue weighted by atomic mass is 9.82. The number of hydrogen-bond donors (Lipinski definition) is 2. The SMILES string of the molecule is O=C(C[N+]12CCC(CC1)[C@@H](OC(=O)C(O)(c1cccs1)C1CCC(F)(F)C1)C2)Nc1ncccn1.[Br-]. The molecule has 3 saturated heterocycles. The predicted octanol–water partition coefficient (Wildman–Crippen LogP) is -0.0440. The summed E-state index contributed by atoms with van der Waals surface area (Å²) in [5, 5.41) is 16.0. The molecule has 2 aromatic rings. The second kappa shape index (κ2) is 10.4. The molecule has 36 heavy (non-hydrogen) atoms. The lowest BCUT2D eigenvalue weighted by Gasteiger charge is -2.51. The monoisotopic (exact) mass is 586 g/mol. The van der Waals surface area contributed by atoms with Crippen molar-refractivity contribution in [3.05, 3.63) is 40.8 Å². The highest BCUT2D eigenvalue weighted by molar-refractivity contribution is 7.10. The van der Waals surface area contributed by atoms with Crippen LogP contribution >= 0.6 is 11.3 Å². The number of aliphatic hydroxyl groups is 1. The van der Waals surface area contributed by atoms with Crippen molar-refractivity contribution in [1.82, 2.24) is 9.97 Å². The van der Waals surface area contributed by atoms with Crippen LogP contribution in [0.15, 0.2) is 36.0 Å². The Bertz CT molecular complexity index is 1070. The summed E-state index contributed by atoms with van der Waals surface area (Å²) < 4.78 is 34.4. The van der Waals surface area contributed by atoms with Crippen LogP contribution < -0.4 is 22.3 Å². The average Bonchev–Trinajstić information content (AvgIpc) is 3.50. The third-order valence-electron chi connectivity index (χ3n) is 7.80. The maximum atomic E-state index is 14.0. The number of fused-ring (bicyclic) bond motifs is 3. The van der Waals surface area contributed by atoms with E-state index in [4.69, 9.17) is 4.74 Å². The van der Waals surface area contributed by atoms with Gasteiger partial charge in [0.15, 0.2) is 18.2 Å². The number of carbonyl (C=O) groups is 2. The van der Waals surface area contributed by atoms with Crippen LogP contribution in [-0.4, -0.2) is 69.6 Å². The minimum Gasteiger partial charge on any atom is -1.00 e. The summed E-state index contributed by atoms with van der Waals surface area (Å²) in [5.74, 6) is -4.54. The van der Waals surface area contributed by atoms with Gasteiger partial charge in [-0.2, -0.15) is 0 Å². The fourth-order valence-corrected chi connectivity index (χ4v) is 6.80. The molecule has 0 aromatic carbocycles. The van der Waals surface area contributed by atoms with E-state index in [0.29, 0.717) is 15.9 Å². The maximum Gasteiger partial charge on any atom is 0.344 e. The van der Waals surface area contributed by atoms with Crippen LogP contribution in [0, 0.1) is 11.8 Å².